The van der Waals surface area contributed by atoms with Gasteiger partial charge in [-0.05, 0) is 6.07 Å². The Labute approximate surface area is 93.1 Å². The summed E-state index contributed by atoms with van der Waals surface area (Å²) in [5.41, 5.74) is 2.96. The highest BCUT2D eigenvalue weighted by Crippen LogP contribution is 2.26. The van der Waals surface area contributed by atoms with Gasteiger partial charge in [0.25, 0.3) is 0 Å². The van der Waals surface area contributed by atoms with Gasteiger partial charge in [-0.15, -0.1) is 0 Å². The van der Waals surface area contributed by atoms with Crippen molar-refractivity contribution in [3.63, 3.8) is 0 Å². The number of benzene rings is 2. The third-order valence-corrected chi connectivity index (χ3v) is 2.65. The van der Waals surface area contributed by atoms with Crippen LogP contribution >= 0.6 is 0 Å². The number of nitrogens with two attached hydrogens (primary N) is 1. The molecule has 0 radical (unpaired) electrons. The van der Waals surface area contributed by atoms with Crippen LogP contribution in [0.2, 0.25) is 0 Å². The zero-order chi connectivity index (χ0) is 11.0. The van der Waals surface area contributed by atoms with Gasteiger partial charge in [0.15, 0.2) is 0 Å². The van der Waals surface area contributed by atoms with Crippen molar-refractivity contribution < 1.29 is 0 Å². The molecule has 0 atom stereocenters. The standard InChI is InChI=1S/C13H11N3/c14-16-13(10-6-2-1-3-7-10)11-8-4-5-9-12(11)15-16/h1-9H,14H2. The molecule has 0 aliphatic heterocycles. The molecular formula is C13H11N3. The van der Waals surface area contributed by atoms with Crippen LogP contribution < -0.4 is 5.84 Å². The number of rotatable bonds is 1. The molecule has 0 saturated heterocycles. The molecular weight excluding hydrogens is 198 g/mol. The summed E-state index contributed by atoms with van der Waals surface area (Å²) in [6.45, 7) is 0. The lowest BCUT2D eigenvalue weighted by atomic mass is 10.1. The van der Waals surface area contributed by atoms with E-state index in [0.717, 1.165) is 22.2 Å². The van der Waals surface area contributed by atoms with Gasteiger partial charge in [-0.1, -0.05) is 48.5 Å². The predicted octanol–water partition coefficient (Wildman–Crippen LogP) is 2.42. The highest BCUT2D eigenvalue weighted by molar-refractivity contribution is 5.93. The van der Waals surface area contributed by atoms with Gasteiger partial charge in [0.05, 0.1) is 11.2 Å². The van der Waals surface area contributed by atoms with Crippen LogP contribution in [-0.2, 0) is 0 Å². The lowest BCUT2D eigenvalue weighted by molar-refractivity contribution is 0.855. The van der Waals surface area contributed by atoms with Crippen LogP contribution in [0.1, 0.15) is 0 Å². The number of nitrogens with zero attached hydrogens (tertiary/aromatic N) is 2. The first-order chi connectivity index (χ1) is 7.86. The highest BCUT2D eigenvalue weighted by atomic mass is 15.5. The fraction of sp³-hybridized carbons (Fsp3) is 0. The fourth-order valence-electron chi connectivity index (χ4n) is 1.93. The lowest BCUT2D eigenvalue weighted by Crippen LogP contribution is -2.11. The van der Waals surface area contributed by atoms with Crippen LogP contribution in [0, 0.1) is 0 Å². The van der Waals surface area contributed by atoms with Gasteiger partial charge in [-0.25, -0.2) is 0 Å². The second-order valence-corrected chi connectivity index (χ2v) is 3.68. The Balaban J connectivity index is 2.35. The number of aromatic nitrogens is 2. The second kappa shape index (κ2) is 3.38. The third-order valence-electron chi connectivity index (χ3n) is 2.65. The van der Waals surface area contributed by atoms with Crippen molar-refractivity contribution in [1.29, 1.82) is 0 Å². The zero-order valence-corrected chi connectivity index (χ0v) is 8.67. The average Bonchev–Trinajstić information content (AvgIpc) is 2.66. The smallest absolute Gasteiger partial charge is 0.0994 e. The first-order valence-electron chi connectivity index (χ1n) is 5.14. The van der Waals surface area contributed by atoms with E-state index in [2.05, 4.69) is 5.10 Å². The molecule has 0 bridgehead atoms. The minimum absolute atomic E-state index is 0.920. The molecule has 0 fully saturated rings. The SMILES string of the molecule is Nn1nc2ccccc2c1-c1ccccc1. The van der Waals surface area contributed by atoms with E-state index in [0.29, 0.717) is 0 Å². The van der Waals surface area contributed by atoms with Gasteiger partial charge in [0, 0.05) is 10.9 Å². The molecule has 3 rings (SSSR count). The van der Waals surface area contributed by atoms with Gasteiger partial charge in [-0.3, -0.25) is 0 Å². The van der Waals surface area contributed by atoms with E-state index in [9.17, 15) is 0 Å². The first-order valence-corrected chi connectivity index (χ1v) is 5.14. The maximum Gasteiger partial charge on any atom is 0.0994 e. The van der Waals surface area contributed by atoms with Crippen molar-refractivity contribution in [3.05, 3.63) is 54.6 Å². The van der Waals surface area contributed by atoms with Gasteiger partial charge in [-0.2, -0.15) is 9.89 Å². The van der Waals surface area contributed by atoms with E-state index >= 15 is 0 Å². The summed E-state index contributed by atoms with van der Waals surface area (Å²) < 4.78 is 0. The van der Waals surface area contributed by atoms with Gasteiger partial charge < -0.3 is 5.84 Å². The van der Waals surface area contributed by atoms with Gasteiger partial charge in [0.1, 0.15) is 0 Å². The van der Waals surface area contributed by atoms with Crippen LogP contribution in [0.4, 0.5) is 0 Å². The predicted molar refractivity (Wildman–Crippen MR) is 65.3 cm³/mol. The summed E-state index contributed by atoms with van der Waals surface area (Å²) in [4.78, 5) is 1.44. The van der Waals surface area contributed by atoms with E-state index in [1.54, 1.807) is 0 Å². The molecule has 0 saturated carbocycles. The highest BCUT2D eigenvalue weighted by Gasteiger charge is 2.09. The first kappa shape index (κ1) is 8.97. The summed E-state index contributed by atoms with van der Waals surface area (Å²) in [6.07, 6.45) is 0. The van der Waals surface area contributed by atoms with Crippen LogP contribution in [0.25, 0.3) is 22.2 Å². The molecule has 3 aromatic rings. The second-order valence-electron chi connectivity index (χ2n) is 3.68. The maximum absolute atomic E-state index is 5.89. The Hall–Kier alpha value is -2.29. The summed E-state index contributed by atoms with van der Waals surface area (Å²) >= 11 is 0. The zero-order valence-electron chi connectivity index (χ0n) is 8.67. The molecule has 3 heteroatoms. The van der Waals surface area contributed by atoms with Crippen LogP contribution in [-0.4, -0.2) is 9.89 Å². The molecule has 78 valence electrons. The van der Waals surface area contributed by atoms with Gasteiger partial charge >= 0.3 is 0 Å². The molecule has 16 heavy (non-hydrogen) atoms. The topological polar surface area (TPSA) is 43.8 Å². The van der Waals surface area contributed by atoms with Crippen molar-refractivity contribution in [1.82, 2.24) is 9.89 Å². The molecule has 2 aromatic carbocycles. The Morgan fingerprint density at radius 1 is 0.875 bits per heavy atom. The fourth-order valence-corrected chi connectivity index (χ4v) is 1.93. The number of hydrogen-bond acceptors (Lipinski definition) is 2. The van der Waals surface area contributed by atoms with E-state index in [1.165, 1.54) is 4.79 Å². The van der Waals surface area contributed by atoms with Crippen molar-refractivity contribution in [2.45, 2.75) is 0 Å². The van der Waals surface area contributed by atoms with Crippen molar-refractivity contribution in [2.75, 3.05) is 5.84 Å². The van der Waals surface area contributed by atoms with Crippen LogP contribution in [0.15, 0.2) is 54.6 Å². The molecule has 0 aliphatic rings. The third kappa shape index (κ3) is 1.26. The minimum atomic E-state index is 0.920. The van der Waals surface area contributed by atoms with Crippen molar-refractivity contribution in [2.24, 2.45) is 0 Å². The van der Waals surface area contributed by atoms with E-state index in [-0.39, 0.29) is 0 Å². The molecule has 3 nitrogen and oxygen atoms in total. The van der Waals surface area contributed by atoms with Gasteiger partial charge in [0.2, 0.25) is 0 Å². The summed E-state index contributed by atoms with van der Waals surface area (Å²) in [5, 5.41) is 5.36. The van der Waals surface area contributed by atoms with Crippen LogP contribution in [0.3, 0.4) is 0 Å². The number of nitrogen functional groups attached to an aromatic ring is 1. The van der Waals surface area contributed by atoms with Crippen molar-refractivity contribution >= 4 is 10.9 Å². The molecule has 2 N–H and O–H groups in total. The van der Waals surface area contributed by atoms with E-state index < -0.39 is 0 Å². The molecule has 1 heterocycles. The number of hydrogen-bond donors (Lipinski definition) is 1. The maximum atomic E-state index is 5.89. The molecule has 0 spiro atoms. The summed E-state index contributed by atoms with van der Waals surface area (Å²) in [7, 11) is 0. The normalized spacial score (nSPS) is 10.8. The van der Waals surface area contributed by atoms with E-state index in [1.807, 2.05) is 54.6 Å². The monoisotopic (exact) mass is 209 g/mol. The minimum Gasteiger partial charge on any atom is -0.323 e. The van der Waals surface area contributed by atoms with Crippen LogP contribution in [0.5, 0.6) is 0 Å². The Kier molecular flexibility index (Phi) is 1.90. The molecule has 0 amide bonds. The Morgan fingerprint density at radius 2 is 1.56 bits per heavy atom. The van der Waals surface area contributed by atoms with E-state index in [4.69, 9.17) is 5.84 Å². The molecule has 0 unspecified atom stereocenters. The Morgan fingerprint density at radius 3 is 2.38 bits per heavy atom. The average molecular weight is 209 g/mol. The Bertz CT molecular complexity index is 626. The largest absolute Gasteiger partial charge is 0.323 e. The quantitative estimate of drug-likeness (QED) is 0.625. The number of fused-ring (bicyclic) bond motifs is 1. The molecule has 0 aliphatic carbocycles. The summed E-state index contributed by atoms with van der Waals surface area (Å²) in [6, 6.07) is 18.0. The summed E-state index contributed by atoms with van der Waals surface area (Å²) in [5.74, 6) is 5.89. The lowest BCUT2D eigenvalue weighted by Gasteiger charge is -2.01. The van der Waals surface area contributed by atoms with Crippen molar-refractivity contribution in [3.8, 4) is 11.3 Å². The molecule has 1 aromatic heterocycles.